The van der Waals surface area contributed by atoms with E-state index in [2.05, 4.69) is 20.8 Å². The number of fused-ring (bicyclic) bond motifs is 5. The summed E-state index contributed by atoms with van der Waals surface area (Å²) >= 11 is 0. The van der Waals surface area contributed by atoms with Crippen molar-refractivity contribution in [3.8, 4) is 5.75 Å². The van der Waals surface area contributed by atoms with Crippen molar-refractivity contribution in [2.24, 2.45) is 46.3 Å². The van der Waals surface area contributed by atoms with Gasteiger partial charge >= 0.3 is 6.16 Å². The molecule has 0 spiro atoms. The number of rotatable bonds is 5. The van der Waals surface area contributed by atoms with Gasteiger partial charge in [0.2, 0.25) is 0 Å². The number of carbonyl (C=O) groups is 1. The summed E-state index contributed by atoms with van der Waals surface area (Å²) in [5, 5.41) is 21.1. The van der Waals surface area contributed by atoms with Crippen molar-refractivity contribution in [1.29, 1.82) is 0 Å². The fourth-order valence-electron chi connectivity index (χ4n) is 9.29. The molecule has 4 saturated carbocycles. The molecule has 7 heteroatoms. The quantitative estimate of drug-likeness (QED) is 0.208. The molecule has 4 fully saturated rings. The Morgan fingerprint density at radius 3 is 2.47 bits per heavy atom. The van der Waals surface area contributed by atoms with Gasteiger partial charge in [-0.15, -0.1) is 0 Å². The second kappa shape index (κ2) is 9.62. The van der Waals surface area contributed by atoms with E-state index in [-0.39, 0.29) is 28.9 Å². The van der Waals surface area contributed by atoms with Crippen molar-refractivity contribution in [2.75, 3.05) is 6.61 Å². The number of aliphatic hydroxyl groups is 1. The molecule has 198 valence electrons. The molecule has 0 radical (unpaired) electrons. The molecule has 0 saturated heterocycles. The van der Waals surface area contributed by atoms with Gasteiger partial charge in [-0.2, -0.15) is 0 Å². The maximum atomic E-state index is 12.3. The number of carbonyl (C=O) groups excluding carboxylic acids is 1. The monoisotopic (exact) mass is 499 g/mol. The summed E-state index contributed by atoms with van der Waals surface area (Å²) in [5.41, 5.74) is 0.619. The Kier molecular flexibility index (Phi) is 6.81. The molecule has 7 nitrogen and oxygen atoms in total. The van der Waals surface area contributed by atoms with Crippen LogP contribution in [0.3, 0.4) is 0 Å². The molecule has 4 aliphatic rings. The van der Waals surface area contributed by atoms with Gasteiger partial charge in [-0.3, -0.25) is 10.1 Å². The predicted molar refractivity (Wildman–Crippen MR) is 135 cm³/mol. The van der Waals surface area contributed by atoms with Crippen LogP contribution in [-0.2, 0) is 4.74 Å². The van der Waals surface area contributed by atoms with Crippen LogP contribution >= 0.6 is 0 Å². The minimum Gasteiger partial charge on any atom is -0.434 e. The lowest BCUT2D eigenvalue weighted by Crippen LogP contribution is -2.54. The maximum Gasteiger partial charge on any atom is 0.513 e. The summed E-state index contributed by atoms with van der Waals surface area (Å²) in [6, 6.07) is 5.44. The number of non-ortho nitro benzene ring substituents is 1. The topological polar surface area (TPSA) is 98.9 Å². The summed E-state index contributed by atoms with van der Waals surface area (Å²) in [7, 11) is 0. The summed E-state index contributed by atoms with van der Waals surface area (Å²) in [5.74, 6) is 3.99. The minimum absolute atomic E-state index is 0.0494. The van der Waals surface area contributed by atoms with Gasteiger partial charge in [-0.1, -0.05) is 20.8 Å². The fourth-order valence-corrected chi connectivity index (χ4v) is 9.29. The number of aliphatic hydroxyl groups excluding tert-OH is 1. The molecule has 0 heterocycles. The van der Waals surface area contributed by atoms with Crippen LogP contribution in [-0.4, -0.2) is 28.9 Å². The molecular weight excluding hydrogens is 458 g/mol. The molecule has 0 amide bonds. The Labute approximate surface area is 214 Å². The number of nitro groups is 1. The summed E-state index contributed by atoms with van der Waals surface area (Å²) in [4.78, 5) is 22.6. The van der Waals surface area contributed by atoms with Crippen LogP contribution in [0.4, 0.5) is 10.5 Å². The van der Waals surface area contributed by atoms with Gasteiger partial charge in [-0.05, 0) is 116 Å². The fraction of sp³-hybridized carbons (Fsp3) is 0.759. The maximum absolute atomic E-state index is 12.3. The van der Waals surface area contributed by atoms with Crippen molar-refractivity contribution in [3.63, 3.8) is 0 Å². The second-order valence-corrected chi connectivity index (χ2v) is 12.7. The SMILES string of the molecule is C[C@H](COC(=O)Oc1ccc([N+](=O)[O-])cc1)[C@H]1CC[C@H]2[C@@H]3CC[C@H]4C[C@@H](O)CC[C@]4(C)[C@H]3CC[C@]12C. The summed E-state index contributed by atoms with van der Waals surface area (Å²) < 4.78 is 10.7. The van der Waals surface area contributed by atoms with E-state index in [9.17, 15) is 20.0 Å². The summed E-state index contributed by atoms with van der Waals surface area (Å²) in [6.45, 7) is 7.55. The van der Waals surface area contributed by atoms with E-state index in [4.69, 9.17) is 9.47 Å². The van der Waals surface area contributed by atoms with Crippen molar-refractivity contribution in [2.45, 2.75) is 84.7 Å². The number of nitro benzene ring substituents is 1. The third kappa shape index (κ3) is 4.42. The molecule has 1 aromatic carbocycles. The average molecular weight is 500 g/mol. The molecule has 0 aliphatic heterocycles. The molecular formula is C29H41NO6. The van der Waals surface area contributed by atoms with Crippen LogP contribution in [0.25, 0.3) is 0 Å². The standard InChI is InChI=1S/C29H41NO6/c1-18(17-35-27(32)36-22-7-5-20(6-8-22)30(33)34)24-10-11-25-23-9-4-19-16-21(31)12-14-28(19,2)26(23)13-15-29(24,25)3/h5-8,18-19,21,23-26,31H,4,9-17H2,1-3H3/t18-,19+,21+,23+,24-,25+,26+,28+,29-/m1/s1. The largest absolute Gasteiger partial charge is 0.513 e. The highest BCUT2D eigenvalue weighted by Crippen LogP contribution is 2.68. The van der Waals surface area contributed by atoms with Gasteiger partial charge in [0.1, 0.15) is 5.75 Å². The van der Waals surface area contributed by atoms with Crippen LogP contribution in [0.5, 0.6) is 5.75 Å². The first-order chi connectivity index (χ1) is 17.1. The molecule has 9 atom stereocenters. The van der Waals surface area contributed by atoms with Crippen molar-refractivity contribution >= 4 is 11.8 Å². The molecule has 1 N–H and O–H groups in total. The molecule has 0 aromatic heterocycles. The molecule has 36 heavy (non-hydrogen) atoms. The predicted octanol–water partition coefficient (Wildman–Crippen LogP) is 6.77. The van der Waals surface area contributed by atoms with E-state index in [1.54, 1.807) is 0 Å². The highest BCUT2D eigenvalue weighted by Gasteiger charge is 2.60. The lowest BCUT2D eigenvalue weighted by atomic mass is 9.44. The molecule has 1 aromatic rings. The van der Waals surface area contributed by atoms with Gasteiger partial charge in [-0.25, -0.2) is 4.79 Å². The summed E-state index contributed by atoms with van der Waals surface area (Å²) in [6.07, 6.45) is 9.82. The number of ether oxygens (including phenoxy) is 2. The Balaban J connectivity index is 1.19. The number of hydrogen-bond donors (Lipinski definition) is 1. The van der Waals surface area contributed by atoms with E-state index >= 15 is 0 Å². The van der Waals surface area contributed by atoms with E-state index in [1.807, 2.05) is 0 Å². The Bertz CT molecular complexity index is 980. The third-order valence-electron chi connectivity index (χ3n) is 11.1. The van der Waals surface area contributed by atoms with Crippen molar-refractivity contribution in [3.05, 3.63) is 34.4 Å². The van der Waals surface area contributed by atoms with Gasteiger partial charge in [0.05, 0.1) is 17.6 Å². The molecule has 0 bridgehead atoms. The van der Waals surface area contributed by atoms with E-state index < -0.39 is 11.1 Å². The Hall–Kier alpha value is -2.15. The lowest BCUT2D eigenvalue weighted by molar-refractivity contribution is -0.384. The average Bonchev–Trinajstić information content (AvgIpc) is 3.20. The van der Waals surface area contributed by atoms with Gasteiger partial charge in [0, 0.05) is 12.1 Å². The number of nitrogens with zero attached hydrogens (tertiary/aromatic N) is 1. The minimum atomic E-state index is -0.759. The first-order valence-corrected chi connectivity index (χ1v) is 13.9. The van der Waals surface area contributed by atoms with Gasteiger partial charge in [0.15, 0.2) is 0 Å². The van der Waals surface area contributed by atoms with Crippen LogP contribution in [0, 0.1) is 56.5 Å². The number of benzene rings is 1. The lowest BCUT2D eigenvalue weighted by Gasteiger charge is -2.61. The zero-order valence-electron chi connectivity index (χ0n) is 21.9. The van der Waals surface area contributed by atoms with Gasteiger partial charge < -0.3 is 14.6 Å². The Morgan fingerprint density at radius 1 is 1.06 bits per heavy atom. The zero-order chi connectivity index (χ0) is 25.7. The molecule has 0 unspecified atom stereocenters. The van der Waals surface area contributed by atoms with Crippen LogP contribution in [0.1, 0.15) is 78.6 Å². The van der Waals surface area contributed by atoms with Crippen LogP contribution in [0.2, 0.25) is 0 Å². The third-order valence-corrected chi connectivity index (χ3v) is 11.1. The molecule has 5 rings (SSSR count). The highest BCUT2D eigenvalue weighted by atomic mass is 16.7. The van der Waals surface area contributed by atoms with Crippen LogP contribution < -0.4 is 4.74 Å². The Morgan fingerprint density at radius 2 is 1.75 bits per heavy atom. The van der Waals surface area contributed by atoms with E-state index in [0.717, 1.165) is 30.6 Å². The first kappa shape index (κ1) is 25.5. The van der Waals surface area contributed by atoms with Crippen molar-refractivity contribution in [1.82, 2.24) is 0 Å². The van der Waals surface area contributed by atoms with E-state index in [1.165, 1.54) is 69.2 Å². The molecule has 4 aliphatic carbocycles. The van der Waals surface area contributed by atoms with Crippen LogP contribution in [0.15, 0.2) is 24.3 Å². The normalized spacial score (nSPS) is 40.3. The second-order valence-electron chi connectivity index (χ2n) is 12.7. The van der Waals surface area contributed by atoms with Gasteiger partial charge in [0.25, 0.3) is 5.69 Å². The zero-order valence-corrected chi connectivity index (χ0v) is 21.9. The highest BCUT2D eigenvalue weighted by molar-refractivity contribution is 5.64. The van der Waals surface area contributed by atoms with Crippen molar-refractivity contribution < 1.29 is 24.3 Å². The van der Waals surface area contributed by atoms with E-state index in [0.29, 0.717) is 23.9 Å². The smallest absolute Gasteiger partial charge is 0.434 e. The number of hydrogen-bond acceptors (Lipinski definition) is 6. The first-order valence-electron chi connectivity index (χ1n) is 13.9.